The Morgan fingerprint density at radius 1 is 0.781 bits per heavy atom. The van der Waals surface area contributed by atoms with Gasteiger partial charge in [-0.3, -0.25) is 0 Å². The predicted octanol–water partition coefficient (Wildman–Crippen LogP) is 6.96. The molecule has 1 N–H and O–H groups in total. The average Bonchev–Trinajstić information content (AvgIpc) is 2.83. The molecule has 0 saturated carbocycles. The van der Waals surface area contributed by atoms with Crippen LogP contribution in [0.15, 0.2) is 109 Å². The van der Waals surface area contributed by atoms with Gasteiger partial charge >= 0.3 is 6.03 Å². The number of carbonyl (C=O) groups excluding carboxylic acids is 1. The summed E-state index contributed by atoms with van der Waals surface area (Å²) in [5.41, 5.74) is 4.70. The summed E-state index contributed by atoms with van der Waals surface area (Å²) in [6.07, 6.45) is 0. The normalized spacial score (nSPS) is 10.7. The second-order valence-corrected chi connectivity index (χ2v) is 7.77. The van der Waals surface area contributed by atoms with E-state index in [1.807, 2.05) is 91.9 Å². The first kappa shape index (κ1) is 21.3. The number of halogens is 1. The van der Waals surface area contributed by atoms with Gasteiger partial charge in [-0.05, 0) is 47.9 Å². The van der Waals surface area contributed by atoms with Gasteiger partial charge in [-0.1, -0.05) is 90.5 Å². The summed E-state index contributed by atoms with van der Waals surface area (Å²) in [6, 6.07) is 33.3. The highest BCUT2D eigenvalue weighted by Crippen LogP contribution is 2.31. The molecule has 0 spiro atoms. The molecule has 0 bridgehead atoms. The minimum absolute atomic E-state index is 0.226. The smallest absolute Gasteiger partial charge is 0.309 e. The molecule has 32 heavy (non-hydrogen) atoms. The molecule has 4 heteroatoms. The molecule has 0 aliphatic carbocycles. The van der Waals surface area contributed by atoms with Crippen molar-refractivity contribution < 1.29 is 9.18 Å². The highest BCUT2D eigenvalue weighted by atomic mass is 19.1. The van der Waals surface area contributed by atoms with Crippen molar-refractivity contribution in [3.05, 3.63) is 137 Å². The molecule has 0 aromatic heterocycles. The quantitative estimate of drug-likeness (QED) is 0.357. The Morgan fingerprint density at radius 3 is 1.84 bits per heavy atom. The third kappa shape index (κ3) is 5.22. The summed E-state index contributed by atoms with van der Waals surface area (Å²) in [4.78, 5) is 15.4. The fourth-order valence-electron chi connectivity index (χ4n) is 3.72. The minimum Gasteiger partial charge on any atom is -0.309 e. The molecular formula is C28H25FN2O. The van der Waals surface area contributed by atoms with E-state index in [0.29, 0.717) is 6.54 Å². The lowest BCUT2D eigenvalue weighted by molar-refractivity contribution is 0.194. The molecule has 0 unspecified atom stereocenters. The van der Waals surface area contributed by atoms with Crippen molar-refractivity contribution in [3.8, 4) is 0 Å². The van der Waals surface area contributed by atoms with Crippen LogP contribution in [0.25, 0.3) is 0 Å². The SMILES string of the molecule is Cc1ccc(NC(=O)N(Cc2ccc(F)cc2)C(c2ccccc2)c2ccccc2)cc1. The molecule has 0 fully saturated rings. The van der Waals surface area contributed by atoms with Crippen LogP contribution in [0.4, 0.5) is 14.9 Å². The van der Waals surface area contributed by atoms with Gasteiger partial charge in [-0.25, -0.2) is 9.18 Å². The first-order valence-electron chi connectivity index (χ1n) is 10.6. The molecule has 0 aliphatic rings. The highest BCUT2D eigenvalue weighted by Gasteiger charge is 2.27. The van der Waals surface area contributed by atoms with Crippen LogP contribution in [0.5, 0.6) is 0 Å². The monoisotopic (exact) mass is 424 g/mol. The molecule has 4 aromatic carbocycles. The number of amides is 2. The van der Waals surface area contributed by atoms with E-state index < -0.39 is 0 Å². The maximum atomic E-state index is 13.6. The minimum atomic E-state index is -0.312. The van der Waals surface area contributed by atoms with Gasteiger partial charge in [0.1, 0.15) is 5.82 Å². The topological polar surface area (TPSA) is 32.3 Å². The van der Waals surface area contributed by atoms with E-state index in [1.165, 1.54) is 12.1 Å². The number of urea groups is 1. The van der Waals surface area contributed by atoms with E-state index in [1.54, 1.807) is 17.0 Å². The predicted molar refractivity (Wildman–Crippen MR) is 127 cm³/mol. The Balaban J connectivity index is 1.75. The summed E-state index contributed by atoms with van der Waals surface area (Å²) in [7, 11) is 0. The van der Waals surface area contributed by atoms with Crippen molar-refractivity contribution in [2.24, 2.45) is 0 Å². The van der Waals surface area contributed by atoms with E-state index in [0.717, 1.165) is 27.9 Å². The van der Waals surface area contributed by atoms with Gasteiger partial charge in [0.2, 0.25) is 0 Å². The number of benzene rings is 4. The second-order valence-electron chi connectivity index (χ2n) is 7.77. The van der Waals surface area contributed by atoms with Crippen LogP contribution >= 0.6 is 0 Å². The Kier molecular flexibility index (Phi) is 6.61. The van der Waals surface area contributed by atoms with Gasteiger partial charge in [0.15, 0.2) is 0 Å². The third-order valence-electron chi connectivity index (χ3n) is 5.37. The molecule has 0 saturated heterocycles. The van der Waals surface area contributed by atoms with Crippen LogP contribution in [0.2, 0.25) is 0 Å². The van der Waals surface area contributed by atoms with E-state index in [9.17, 15) is 9.18 Å². The molecule has 4 rings (SSSR count). The van der Waals surface area contributed by atoms with Gasteiger partial charge < -0.3 is 10.2 Å². The van der Waals surface area contributed by atoms with Crippen LogP contribution in [0, 0.1) is 12.7 Å². The highest BCUT2D eigenvalue weighted by molar-refractivity contribution is 5.90. The van der Waals surface area contributed by atoms with Crippen LogP contribution in [0.3, 0.4) is 0 Å². The number of nitrogens with one attached hydrogen (secondary N) is 1. The number of rotatable bonds is 6. The Labute approximate surface area is 188 Å². The zero-order valence-electron chi connectivity index (χ0n) is 17.9. The third-order valence-corrected chi connectivity index (χ3v) is 5.37. The molecular weight excluding hydrogens is 399 g/mol. The van der Waals surface area contributed by atoms with Crippen molar-refractivity contribution in [2.75, 3.05) is 5.32 Å². The van der Waals surface area contributed by atoms with Crippen LogP contribution in [0.1, 0.15) is 28.3 Å². The molecule has 0 radical (unpaired) electrons. The van der Waals surface area contributed by atoms with Crippen LogP contribution < -0.4 is 5.32 Å². The lowest BCUT2D eigenvalue weighted by atomic mass is 9.96. The largest absolute Gasteiger partial charge is 0.322 e. The van der Waals surface area contributed by atoms with E-state index >= 15 is 0 Å². The maximum absolute atomic E-state index is 13.6. The first-order chi connectivity index (χ1) is 15.6. The van der Waals surface area contributed by atoms with Gasteiger partial charge in [0.05, 0.1) is 6.04 Å². The van der Waals surface area contributed by atoms with Gasteiger partial charge in [-0.2, -0.15) is 0 Å². The number of carbonyl (C=O) groups is 1. The summed E-state index contributed by atoms with van der Waals surface area (Å²) in [5, 5.41) is 3.03. The van der Waals surface area contributed by atoms with E-state index in [4.69, 9.17) is 0 Å². The summed E-state index contributed by atoms with van der Waals surface area (Å²) in [6.45, 7) is 2.33. The van der Waals surface area contributed by atoms with Gasteiger partial charge in [0.25, 0.3) is 0 Å². The molecule has 160 valence electrons. The second kappa shape index (κ2) is 9.92. The van der Waals surface area contributed by atoms with Gasteiger partial charge in [-0.15, -0.1) is 0 Å². The molecule has 2 amide bonds. The molecule has 0 aliphatic heterocycles. The lowest BCUT2D eigenvalue weighted by Crippen LogP contribution is -2.38. The van der Waals surface area contributed by atoms with Crippen molar-refractivity contribution in [2.45, 2.75) is 19.5 Å². The van der Waals surface area contributed by atoms with Crippen molar-refractivity contribution in [1.82, 2.24) is 4.90 Å². The van der Waals surface area contributed by atoms with Crippen LogP contribution in [-0.4, -0.2) is 10.9 Å². The summed E-state index contributed by atoms with van der Waals surface area (Å²) in [5.74, 6) is -0.299. The summed E-state index contributed by atoms with van der Waals surface area (Å²) >= 11 is 0. The number of hydrogen-bond donors (Lipinski definition) is 1. The fraction of sp³-hybridized carbons (Fsp3) is 0.107. The average molecular weight is 425 g/mol. The molecule has 0 atom stereocenters. The number of aryl methyl sites for hydroxylation is 1. The van der Waals surface area contributed by atoms with E-state index in [2.05, 4.69) is 5.32 Å². The maximum Gasteiger partial charge on any atom is 0.322 e. The summed E-state index contributed by atoms with van der Waals surface area (Å²) < 4.78 is 13.5. The Bertz CT molecular complexity index is 1100. The van der Waals surface area contributed by atoms with Crippen molar-refractivity contribution in [1.29, 1.82) is 0 Å². The zero-order chi connectivity index (χ0) is 22.3. The molecule has 3 nitrogen and oxygen atoms in total. The number of anilines is 1. The first-order valence-corrected chi connectivity index (χ1v) is 10.6. The fourth-order valence-corrected chi connectivity index (χ4v) is 3.72. The van der Waals surface area contributed by atoms with Crippen molar-refractivity contribution in [3.63, 3.8) is 0 Å². The molecule has 4 aromatic rings. The van der Waals surface area contributed by atoms with Gasteiger partial charge in [0, 0.05) is 12.2 Å². The number of nitrogens with zero attached hydrogens (tertiary/aromatic N) is 1. The number of hydrogen-bond acceptors (Lipinski definition) is 1. The van der Waals surface area contributed by atoms with Crippen LogP contribution in [-0.2, 0) is 6.54 Å². The standard InChI is InChI=1S/C28H25FN2O/c1-21-12-18-26(19-13-21)30-28(32)31(20-22-14-16-25(29)17-15-22)27(23-8-4-2-5-9-23)24-10-6-3-7-11-24/h2-19,27H,20H2,1H3,(H,30,32). The Hall–Kier alpha value is -3.92. The zero-order valence-corrected chi connectivity index (χ0v) is 17.9. The molecule has 0 heterocycles. The Morgan fingerprint density at radius 2 is 1.31 bits per heavy atom. The van der Waals surface area contributed by atoms with E-state index in [-0.39, 0.29) is 17.9 Å². The lowest BCUT2D eigenvalue weighted by Gasteiger charge is -2.33. The van der Waals surface area contributed by atoms with Crippen molar-refractivity contribution >= 4 is 11.7 Å².